The Labute approximate surface area is 188 Å². The molecule has 32 heavy (non-hydrogen) atoms. The molecule has 3 aromatic rings. The number of amides is 3. The van der Waals surface area contributed by atoms with Gasteiger partial charge < -0.3 is 15.7 Å². The third-order valence-corrected chi connectivity index (χ3v) is 5.32. The van der Waals surface area contributed by atoms with Gasteiger partial charge in [-0.25, -0.2) is 4.79 Å². The predicted molar refractivity (Wildman–Crippen MR) is 122 cm³/mol. The molecule has 0 aliphatic heterocycles. The summed E-state index contributed by atoms with van der Waals surface area (Å²) in [6.45, 7) is 0.770. The zero-order chi connectivity index (χ0) is 23.1. The molecule has 0 aliphatic rings. The van der Waals surface area contributed by atoms with Gasteiger partial charge in [0.2, 0.25) is 11.7 Å². The van der Waals surface area contributed by atoms with Gasteiger partial charge in [-0.1, -0.05) is 30.3 Å². The second-order valence-corrected chi connectivity index (χ2v) is 7.82. The van der Waals surface area contributed by atoms with Crippen LogP contribution in [-0.2, 0) is 9.59 Å². The molecule has 0 spiro atoms. The van der Waals surface area contributed by atoms with Crippen molar-refractivity contribution in [1.29, 1.82) is 0 Å². The van der Waals surface area contributed by atoms with E-state index in [1.165, 1.54) is 23.5 Å². The number of urea groups is 1. The molecule has 3 amide bonds. The molecule has 3 N–H and O–H groups in total. The minimum atomic E-state index is -1.25. The third-order valence-electron chi connectivity index (χ3n) is 4.45. The third kappa shape index (κ3) is 5.79. The van der Waals surface area contributed by atoms with Gasteiger partial charge in [-0.05, 0) is 48.2 Å². The number of para-hydroxylation sites is 1. The zero-order valence-electron chi connectivity index (χ0n) is 17.2. The molecule has 2 aromatic carbocycles. The van der Waals surface area contributed by atoms with Crippen LogP contribution in [0.5, 0.6) is 0 Å². The lowest BCUT2D eigenvalue weighted by Crippen LogP contribution is -2.44. The van der Waals surface area contributed by atoms with E-state index in [9.17, 15) is 24.3 Å². The monoisotopic (exact) mass is 451 g/mol. The summed E-state index contributed by atoms with van der Waals surface area (Å²) in [6.07, 6.45) is 0. The van der Waals surface area contributed by atoms with Gasteiger partial charge in [-0.2, -0.15) is 0 Å². The Hall–Kier alpha value is -3.98. The van der Waals surface area contributed by atoms with Crippen LogP contribution in [-0.4, -0.2) is 41.9 Å². The van der Waals surface area contributed by atoms with Crippen molar-refractivity contribution in [1.82, 2.24) is 5.32 Å². The fourth-order valence-electron chi connectivity index (χ4n) is 3.03. The fraction of sp³-hybridized carbons (Fsp3) is 0.130. The number of carbonyl (C=O) groups is 4. The Balaban J connectivity index is 1.77. The van der Waals surface area contributed by atoms with Gasteiger partial charge >= 0.3 is 12.0 Å². The number of carboxylic acid groups (broad SMARTS) is 1. The molecule has 1 heterocycles. The van der Waals surface area contributed by atoms with Crippen LogP contribution in [0.3, 0.4) is 0 Å². The molecule has 8 nitrogen and oxygen atoms in total. The second-order valence-electron chi connectivity index (χ2n) is 6.87. The minimum absolute atomic E-state index is 0.166. The number of aliphatic carboxylic acids is 1. The molecule has 3 rings (SSSR count). The summed E-state index contributed by atoms with van der Waals surface area (Å²) in [5.41, 5.74) is 1.88. The van der Waals surface area contributed by atoms with Crippen LogP contribution in [0.1, 0.15) is 20.8 Å². The van der Waals surface area contributed by atoms with Crippen molar-refractivity contribution in [3.05, 3.63) is 82.0 Å². The molecular weight excluding hydrogens is 430 g/mol. The molecule has 0 bridgehead atoms. The van der Waals surface area contributed by atoms with Crippen molar-refractivity contribution in [3.63, 3.8) is 0 Å². The Kier molecular flexibility index (Phi) is 7.35. The van der Waals surface area contributed by atoms with Crippen LogP contribution in [0, 0.1) is 6.92 Å². The number of nitrogens with zero attached hydrogens (tertiary/aromatic N) is 1. The van der Waals surface area contributed by atoms with E-state index in [2.05, 4.69) is 10.6 Å². The first-order valence-corrected chi connectivity index (χ1v) is 10.5. The van der Waals surface area contributed by atoms with E-state index in [0.29, 0.717) is 10.6 Å². The van der Waals surface area contributed by atoms with E-state index in [1.807, 2.05) is 13.0 Å². The maximum Gasteiger partial charge on any atom is 0.323 e. The number of carboxylic acids is 1. The molecular formula is C23H21N3O5S. The van der Waals surface area contributed by atoms with Gasteiger partial charge in [0, 0.05) is 11.3 Å². The molecule has 0 fully saturated rings. The number of thiophene rings is 1. The van der Waals surface area contributed by atoms with E-state index in [4.69, 9.17) is 0 Å². The average molecular weight is 452 g/mol. The van der Waals surface area contributed by atoms with Gasteiger partial charge in [0.1, 0.15) is 6.54 Å². The van der Waals surface area contributed by atoms with E-state index >= 15 is 0 Å². The SMILES string of the molecule is Cc1cccc(NC(=O)NCC(=O)N(CC(=O)O)c2ccccc2C(=O)c2cccs2)c1. The van der Waals surface area contributed by atoms with E-state index < -0.39 is 31.0 Å². The topological polar surface area (TPSA) is 116 Å². The van der Waals surface area contributed by atoms with Gasteiger partial charge in [-0.15, -0.1) is 11.3 Å². The minimum Gasteiger partial charge on any atom is -0.480 e. The molecule has 0 saturated carbocycles. The maximum atomic E-state index is 12.9. The summed E-state index contributed by atoms with van der Waals surface area (Å²) >= 11 is 1.25. The summed E-state index contributed by atoms with van der Waals surface area (Å²) in [6, 6.07) is 16.2. The normalized spacial score (nSPS) is 10.3. The first kappa shape index (κ1) is 22.7. The largest absolute Gasteiger partial charge is 0.480 e. The summed E-state index contributed by atoms with van der Waals surface area (Å²) in [7, 11) is 0. The fourth-order valence-corrected chi connectivity index (χ4v) is 3.71. The lowest BCUT2D eigenvalue weighted by molar-refractivity contribution is -0.136. The van der Waals surface area contributed by atoms with Crippen LogP contribution in [0.4, 0.5) is 16.2 Å². The Morgan fingerprint density at radius 2 is 1.78 bits per heavy atom. The van der Waals surface area contributed by atoms with Gasteiger partial charge in [0.15, 0.2) is 0 Å². The quantitative estimate of drug-likeness (QED) is 0.453. The van der Waals surface area contributed by atoms with Crippen molar-refractivity contribution < 1.29 is 24.3 Å². The van der Waals surface area contributed by atoms with Crippen LogP contribution < -0.4 is 15.5 Å². The highest BCUT2D eigenvalue weighted by molar-refractivity contribution is 7.12. The molecule has 0 saturated heterocycles. The Morgan fingerprint density at radius 1 is 1.00 bits per heavy atom. The highest BCUT2D eigenvalue weighted by Gasteiger charge is 2.25. The van der Waals surface area contributed by atoms with E-state index in [0.717, 1.165) is 10.5 Å². The first-order valence-electron chi connectivity index (χ1n) is 9.66. The van der Waals surface area contributed by atoms with Gasteiger partial charge in [-0.3, -0.25) is 19.3 Å². The number of anilines is 2. The molecule has 1 aromatic heterocycles. The lowest BCUT2D eigenvalue weighted by Gasteiger charge is -2.23. The van der Waals surface area contributed by atoms with E-state index in [-0.39, 0.29) is 17.0 Å². The molecule has 164 valence electrons. The zero-order valence-corrected chi connectivity index (χ0v) is 18.0. The number of aryl methyl sites for hydroxylation is 1. The van der Waals surface area contributed by atoms with Gasteiger partial charge in [0.25, 0.3) is 0 Å². The number of benzene rings is 2. The van der Waals surface area contributed by atoms with Crippen molar-refractivity contribution in [3.8, 4) is 0 Å². The van der Waals surface area contributed by atoms with Crippen molar-refractivity contribution in [2.45, 2.75) is 6.92 Å². The maximum absolute atomic E-state index is 12.9. The first-order chi connectivity index (χ1) is 15.3. The number of nitrogens with one attached hydrogen (secondary N) is 2. The predicted octanol–water partition coefficient (Wildman–Crippen LogP) is 3.53. The number of carbonyl (C=O) groups excluding carboxylic acids is 3. The number of hydrogen-bond acceptors (Lipinski definition) is 5. The lowest BCUT2D eigenvalue weighted by atomic mass is 10.1. The highest BCUT2D eigenvalue weighted by atomic mass is 32.1. The van der Waals surface area contributed by atoms with Crippen LogP contribution in [0.2, 0.25) is 0 Å². The Bertz CT molecular complexity index is 1140. The standard InChI is InChI=1S/C23H21N3O5S/c1-15-6-4-7-16(12-15)25-23(31)24-13-20(27)26(14-21(28)29)18-9-3-2-8-17(18)22(30)19-10-5-11-32-19/h2-12H,13-14H2,1H3,(H,28,29)(H2,24,25,31). The summed E-state index contributed by atoms with van der Waals surface area (Å²) < 4.78 is 0. The van der Waals surface area contributed by atoms with Gasteiger partial charge in [0.05, 0.1) is 17.1 Å². The van der Waals surface area contributed by atoms with Crippen LogP contribution >= 0.6 is 11.3 Å². The van der Waals surface area contributed by atoms with E-state index in [1.54, 1.807) is 47.8 Å². The molecule has 0 aliphatic carbocycles. The number of hydrogen-bond donors (Lipinski definition) is 3. The molecule has 0 atom stereocenters. The average Bonchev–Trinajstić information content (AvgIpc) is 3.30. The summed E-state index contributed by atoms with van der Waals surface area (Å²) in [4.78, 5) is 50.8. The summed E-state index contributed by atoms with van der Waals surface area (Å²) in [5.74, 6) is -2.23. The number of ketones is 1. The molecule has 9 heteroatoms. The Morgan fingerprint density at radius 3 is 2.47 bits per heavy atom. The smallest absolute Gasteiger partial charge is 0.323 e. The van der Waals surface area contributed by atoms with Crippen molar-refractivity contribution in [2.24, 2.45) is 0 Å². The highest BCUT2D eigenvalue weighted by Crippen LogP contribution is 2.25. The van der Waals surface area contributed by atoms with Crippen LogP contribution in [0.15, 0.2) is 66.0 Å². The van der Waals surface area contributed by atoms with Crippen molar-refractivity contribution >= 4 is 46.4 Å². The molecule has 0 unspecified atom stereocenters. The van der Waals surface area contributed by atoms with Crippen molar-refractivity contribution in [2.75, 3.05) is 23.3 Å². The number of rotatable bonds is 8. The van der Waals surface area contributed by atoms with Crippen LogP contribution in [0.25, 0.3) is 0 Å². The summed E-state index contributed by atoms with van der Waals surface area (Å²) in [5, 5.41) is 16.1. The molecule has 0 radical (unpaired) electrons. The second kappa shape index (κ2) is 10.4.